The minimum absolute atomic E-state index is 0.0251. The molecule has 0 saturated heterocycles. The summed E-state index contributed by atoms with van der Waals surface area (Å²) in [6, 6.07) is 9.70. The maximum atomic E-state index is 14.9. The van der Waals surface area contributed by atoms with Gasteiger partial charge in [-0.15, -0.1) is 0 Å². The summed E-state index contributed by atoms with van der Waals surface area (Å²) in [7, 11) is 0. The monoisotopic (exact) mass is 462 g/mol. The van der Waals surface area contributed by atoms with Gasteiger partial charge in [0.1, 0.15) is 28.5 Å². The Morgan fingerprint density at radius 3 is 2.47 bits per heavy atom. The first-order chi connectivity index (χ1) is 16.4. The number of halogens is 3. The molecule has 0 saturated carbocycles. The van der Waals surface area contributed by atoms with Gasteiger partial charge in [0.15, 0.2) is 0 Å². The van der Waals surface area contributed by atoms with E-state index in [0.717, 1.165) is 12.1 Å². The van der Waals surface area contributed by atoms with Gasteiger partial charge in [-0.25, -0.2) is 23.5 Å². The molecule has 5 rings (SSSR count). The second-order valence-corrected chi connectivity index (χ2v) is 7.56. The minimum atomic E-state index is -0.683. The number of fused-ring (bicyclic) bond motifs is 2. The molecule has 0 unspecified atom stereocenters. The molecule has 5 aromatic rings. The zero-order valence-corrected chi connectivity index (χ0v) is 18.1. The van der Waals surface area contributed by atoms with Crippen LogP contribution in [0, 0.1) is 24.5 Å². The van der Waals surface area contributed by atoms with Crippen LogP contribution in [0.2, 0.25) is 0 Å². The van der Waals surface area contributed by atoms with E-state index in [-0.39, 0.29) is 23.1 Å². The van der Waals surface area contributed by atoms with Gasteiger partial charge < -0.3 is 4.74 Å². The second kappa shape index (κ2) is 8.26. The SMILES string of the molecule is CCOC(=O)c1cc(-c2ccnc(F)c2)cc2c1nc(C)n2-c1ccnc2c(F)ccc(F)c12. The Hall–Kier alpha value is -4.27. The molecule has 0 fully saturated rings. The largest absolute Gasteiger partial charge is 0.462 e. The van der Waals surface area contributed by atoms with Crippen LogP contribution < -0.4 is 0 Å². The van der Waals surface area contributed by atoms with Crippen molar-refractivity contribution in [3.05, 3.63) is 83.8 Å². The molecule has 0 atom stereocenters. The van der Waals surface area contributed by atoms with E-state index in [4.69, 9.17) is 4.74 Å². The van der Waals surface area contributed by atoms with Gasteiger partial charge in [-0.3, -0.25) is 9.55 Å². The van der Waals surface area contributed by atoms with Gasteiger partial charge in [-0.1, -0.05) is 0 Å². The third kappa shape index (κ3) is 3.45. The highest BCUT2D eigenvalue weighted by molar-refractivity contribution is 6.05. The van der Waals surface area contributed by atoms with E-state index in [9.17, 15) is 18.0 Å². The Morgan fingerprint density at radius 2 is 1.71 bits per heavy atom. The Bertz CT molecular complexity index is 1600. The maximum absolute atomic E-state index is 14.9. The van der Waals surface area contributed by atoms with Crippen LogP contribution in [0.1, 0.15) is 23.1 Å². The Kier molecular flexibility index (Phi) is 5.24. The first-order valence-corrected chi connectivity index (χ1v) is 10.4. The van der Waals surface area contributed by atoms with Crippen molar-refractivity contribution in [2.75, 3.05) is 6.61 Å². The van der Waals surface area contributed by atoms with Crippen LogP contribution in [0.15, 0.2) is 54.9 Å². The highest BCUT2D eigenvalue weighted by atomic mass is 19.1. The molecule has 0 amide bonds. The fourth-order valence-electron chi connectivity index (χ4n) is 4.07. The summed E-state index contributed by atoms with van der Waals surface area (Å²) in [5.41, 5.74) is 2.07. The molecule has 2 aromatic carbocycles. The fourth-order valence-corrected chi connectivity index (χ4v) is 4.07. The van der Waals surface area contributed by atoms with Crippen LogP contribution in [0.4, 0.5) is 13.2 Å². The number of hydrogen-bond donors (Lipinski definition) is 0. The van der Waals surface area contributed by atoms with E-state index in [0.29, 0.717) is 33.7 Å². The highest BCUT2D eigenvalue weighted by Crippen LogP contribution is 2.34. The molecular weight excluding hydrogens is 445 g/mol. The van der Waals surface area contributed by atoms with Crippen molar-refractivity contribution >= 4 is 27.9 Å². The van der Waals surface area contributed by atoms with Crippen molar-refractivity contribution in [1.29, 1.82) is 0 Å². The van der Waals surface area contributed by atoms with E-state index in [2.05, 4.69) is 15.0 Å². The molecule has 0 aliphatic carbocycles. The molecule has 0 aliphatic rings. The van der Waals surface area contributed by atoms with Crippen molar-refractivity contribution in [3.63, 3.8) is 0 Å². The number of carbonyl (C=O) groups is 1. The molecule has 0 aliphatic heterocycles. The second-order valence-electron chi connectivity index (χ2n) is 7.56. The van der Waals surface area contributed by atoms with Gasteiger partial charge >= 0.3 is 5.97 Å². The zero-order valence-electron chi connectivity index (χ0n) is 18.1. The molecule has 0 bridgehead atoms. The van der Waals surface area contributed by atoms with E-state index in [1.54, 1.807) is 42.7 Å². The molecule has 3 heterocycles. The Labute approximate surface area is 191 Å². The number of aryl methyl sites for hydroxylation is 1. The number of benzene rings is 2. The number of rotatable bonds is 4. The fraction of sp³-hybridized carbons (Fsp3) is 0.120. The van der Waals surface area contributed by atoms with E-state index < -0.39 is 23.6 Å². The minimum Gasteiger partial charge on any atom is -0.462 e. The van der Waals surface area contributed by atoms with Gasteiger partial charge in [0.05, 0.1) is 28.8 Å². The van der Waals surface area contributed by atoms with E-state index >= 15 is 0 Å². The predicted octanol–water partition coefficient (Wildman–Crippen LogP) is 5.54. The molecule has 9 heteroatoms. The first kappa shape index (κ1) is 21.6. The van der Waals surface area contributed by atoms with Gasteiger partial charge in [-0.05, 0) is 61.4 Å². The topological polar surface area (TPSA) is 69.9 Å². The number of hydrogen-bond acceptors (Lipinski definition) is 5. The van der Waals surface area contributed by atoms with Crippen LogP contribution in [0.3, 0.4) is 0 Å². The summed E-state index contributed by atoms with van der Waals surface area (Å²) in [6.07, 6.45) is 2.69. The summed E-state index contributed by atoms with van der Waals surface area (Å²) in [4.78, 5) is 24.9. The molecule has 0 N–H and O–H groups in total. The summed E-state index contributed by atoms with van der Waals surface area (Å²) >= 11 is 0. The lowest BCUT2D eigenvalue weighted by atomic mass is 10.0. The van der Waals surface area contributed by atoms with Crippen LogP contribution in [0.25, 0.3) is 38.8 Å². The van der Waals surface area contributed by atoms with Crippen molar-refractivity contribution in [2.24, 2.45) is 0 Å². The van der Waals surface area contributed by atoms with Crippen molar-refractivity contribution in [3.8, 4) is 16.8 Å². The number of imidazole rings is 1. The number of carbonyl (C=O) groups excluding carboxylic acids is 1. The van der Waals surface area contributed by atoms with Crippen LogP contribution in [0.5, 0.6) is 0 Å². The zero-order chi connectivity index (χ0) is 24.0. The number of nitrogens with zero attached hydrogens (tertiary/aromatic N) is 4. The van der Waals surface area contributed by atoms with Crippen LogP contribution >= 0.6 is 0 Å². The molecule has 0 spiro atoms. The summed E-state index contributed by atoms with van der Waals surface area (Å²) < 4.78 is 50.0. The smallest absolute Gasteiger partial charge is 0.340 e. The molecule has 3 aromatic heterocycles. The number of esters is 1. The average Bonchev–Trinajstić information content (AvgIpc) is 3.16. The summed E-state index contributed by atoms with van der Waals surface area (Å²) in [5.74, 6) is -2.18. The molecule has 170 valence electrons. The third-order valence-corrected chi connectivity index (χ3v) is 5.49. The summed E-state index contributed by atoms with van der Waals surface area (Å²) in [5, 5.41) is -0.0251. The van der Waals surface area contributed by atoms with Gasteiger partial charge in [0, 0.05) is 18.5 Å². The van der Waals surface area contributed by atoms with Crippen molar-refractivity contribution < 1.29 is 22.7 Å². The molecule has 34 heavy (non-hydrogen) atoms. The van der Waals surface area contributed by atoms with E-state index in [1.807, 2.05) is 0 Å². The molecule has 0 radical (unpaired) electrons. The third-order valence-electron chi connectivity index (χ3n) is 5.49. The van der Waals surface area contributed by atoms with Gasteiger partial charge in [-0.2, -0.15) is 4.39 Å². The Morgan fingerprint density at radius 1 is 0.941 bits per heavy atom. The molecular formula is C25H17F3N4O2. The number of ether oxygens (including phenoxy) is 1. The van der Waals surface area contributed by atoms with Crippen molar-refractivity contribution in [1.82, 2.24) is 19.5 Å². The normalized spacial score (nSPS) is 11.3. The lowest BCUT2D eigenvalue weighted by molar-refractivity contribution is 0.0528. The first-order valence-electron chi connectivity index (χ1n) is 10.4. The standard InChI is InChI=1S/C25H17F3N4O2/c1-3-34-25(33)16-10-15(14-6-8-29-21(28)12-14)11-20-23(16)31-13(2)32(20)19-7-9-30-24-18(27)5-4-17(26)22(19)24/h4-12H,3H2,1-2H3. The van der Waals surface area contributed by atoms with Crippen molar-refractivity contribution in [2.45, 2.75) is 13.8 Å². The maximum Gasteiger partial charge on any atom is 0.340 e. The van der Waals surface area contributed by atoms with Crippen LogP contribution in [-0.2, 0) is 4.74 Å². The predicted molar refractivity (Wildman–Crippen MR) is 120 cm³/mol. The highest BCUT2D eigenvalue weighted by Gasteiger charge is 2.22. The number of aromatic nitrogens is 4. The van der Waals surface area contributed by atoms with Gasteiger partial charge in [0.2, 0.25) is 5.95 Å². The van der Waals surface area contributed by atoms with E-state index in [1.165, 1.54) is 18.5 Å². The lowest BCUT2D eigenvalue weighted by Gasteiger charge is -2.13. The Balaban J connectivity index is 1.88. The lowest BCUT2D eigenvalue weighted by Crippen LogP contribution is -2.06. The van der Waals surface area contributed by atoms with Gasteiger partial charge in [0.25, 0.3) is 0 Å². The average molecular weight is 462 g/mol. The number of pyridine rings is 2. The van der Waals surface area contributed by atoms with Crippen LogP contribution in [-0.4, -0.2) is 32.1 Å². The quantitative estimate of drug-likeness (QED) is 0.259. The molecule has 6 nitrogen and oxygen atoms in total. The summed E-state index contributed by atoms with van der Waals surface area (Å²) in [6.45, 7) is 3.51.